The summed E-state index contributed by atoms with van der Waals surface area (Å²) in [6, 6.07) is 10.6. The molecule has 2 nitrogen and oxygen atoms in total. The zero-order valence-corrected chi connectivity index (χ0v) is 12.0. The molecule has 0 unspecified atom stereocenters. The Morgan fingerprint density at radius 3 is 2.55 bits per heavy atom. The van der Waals surface area contributed by atoms with Crippen molar-refractivity contribution in [1.29, 1.82) is 0 Å². The van der Waals surface area contributed by atoms with Gasteiger partial charge in [-0.2, -0.15) is 0 Å². The highest BCUT2D eigenvalue weighted by molar-refractivity contribution is 6.05. The van der Waals surface area contributed by atoms with Crippen molar-refractivity contribution in [2.24, 2.45) is 0 Å². The van der Waals surface area contributed by atoms with Crippen molar-refractivity contribution in [3.63, 3.8) is 0 Å². The summed E-state index contributed by atoms with van der Waals surface area (Å²) in [5.74, 6) is -0.262. The van der Waals surface area contributed by atoms with E-state index in [1.807, 2.05) is 31.2 Å². The fourth-order valence-electron chi connectivity index (χ4n) is 3.36. The predicted octanol–water partition coefficient (Wildman–Crippen LogP) is 3.86. The SMILES string of the molecule is Cc1c2ccc(F)cc2cc2c3c(ccc12)[C@H](O)[C@@H](O)C=C3. The van der Waals surface area contributed by atoms with Gasteiger partial charge in [0.25, 0.3) is 0 Å². The smallest absolute Gasteiger partial charge is 0.123 e. The molecule has 0 saturated carbocycles. The van der Waals surface area contributed by atoms with Gasteiger partial charge in [0.1, 0.15) is 18.0 Å². The largest absolute Gasteiger partial charge is 0.386 e. The number of aryl methyl sites for hydroxylation is 1. The van der Waals surface area contributed by atoms with Gasteiger partial charge in [-0.25, -0.2) is 4.39 Å². The minimum Gasteiger partial charge on any atom is -0.386 e. The summed E-state index contributed by atoms with van der Waals surface area (Å²) < 4.78 is 13.5. The van der Waals surface area contributed by atoms with Crippen molar-refractivity contribution in [1.82, 2.24) is 0 Å². The Morgan fingerprint density at radius 1 is 0.955 bits per heavy atom. The molecule has 4 rings (SSSR count). The van der Waals surface area contributed by atoms with E-state index in [2.05, 4.69) is 0 Å². The van der Waals surface area contributed by atoms with Crippen LogP contribution in [-0.4, -0.2) is 16.3 Å². The number of rotatable bonds is 0. The van der Waals surface area contributed by atoms with Crippen LogP contribution in [0.5, 0.6) is 0 Å². The molecule has 0 fully saturated rings. The number of aliphatic hydroxyl groups excluding tert-OH is 2. The topological polar surface area (TPSA) is 40.5 Å². The zero-order valence-electron chi connectivity index (χ0n) is 12.0. The molecule has 110 valence electrons. The van der Waals surface area contributed by atoms with Crippen LogP contribution in [0.1, 0.15) is 22.8 Å². The Kier molecular flexibility index (Phi) is 2.83. The molecule has 1 aliphatic rings. The maximum absolute atomic E-state index is 13.5. The number of hydrogen-bond acceptors (Lipinski definition) is 2. The van der Waals surface area contributed by atoms with Gasteiger partial charge in [-0.05, 0) is 63.4 Å². The molecule has 2 N–H and O–H groups in total. The third kappa shape index (κ3) is 1.79. The van der Waals surface area contributed by atoms with E-state index in [4.69, 9.17) is 0 Å². The Labute approximate surface area is 127 Å². The third-order valence-corrected chi connectivity index (χ3v) is 4.54. The lowest BCUT2D eigenvalue weighted by Gasteiger charge is -2.23. The van der Waals surface area contributed by atoms with Gasteiger partial charge < -0.3 is 10.2 Å². The van der Waals surface area contributed by atoms with E-state index in [-0.39, 0.29) is 5.82 Å². The van der Waals surface area contributed by atoms with Crippen molar-refractivity contribution >= 4 is 27.6 Å². The van der Waals surface area contributed by atoms with Crippen LogP contribution in [-0.2, 0) is 0 Å². The molecule has 3 aromatic rings. The average Bonchev–Trinajstić information content (AvgIpc) is 2.50. The van der Waals surface area contributed by atoms with Crippen LogP contribution in [0.4, 0.5) is 4.39 Å². The molecular weight excluding hydrogens is 279 g/mol. The molecule has 0 saturated heterocycles. The molecule has 0 heterocycles. The maximum atomic E-state index is 13.5. The van der Waals surface area contributed by atoms with Crippen LogP contribution in [0.2, 0.25) is 0 Å². The summed E-state index contributed by atoms with van der Waals surface area (Å²) in [6.07, 6.45) is 1.62. The van der Waals surface area contributed by atoms with Crippen molar-refractivity contribution in [2.75, 3.05) is 0 Å². The minimum absolute atomic E-state index is 0.262. The Balaban J connectivity index is 2.14. The van der Waals surface area contributed by atoms with Crippen molar-refractivity contribution in [3.8, 4) is 0 Å². The highest BCUT2D eigenvalue weighted by Gasteiger charge is 2.24. The first-order chi connectivity index (χ1) is 10.6. The van der Waals surface area contributed by atoms with E-state index in [0.29, 0.717) is 5.56 Å². The van der Waals surface area contributed by atoms with E-state index in [1.165, 1.54) is 12.1 Å². The fraction of sp³-hybridized carbons (Fsp3) is 0.158. The summed E-state index contributed by atoms with van der Waals surface area (Å²) in [6.45, 7) is 2.02. The van der Waals surface area contributed by atoms with E-state index < -0.39 is 12.2 Å². The lowest BCUT2D eigenvalue weighted by molar-refractivity contribution is 0.0471. The van der Waals surface area contributed by atoms with Gasteiger partial charge in [0.05, 0.1) is 0 Å². The molecule has 2 atom stereocenters. The summed E-state index contributed by atoms with van der Waals surface area (Å²) >= 11 is 0. The van der Waals surface area contributed by atoms with Crippen LogP contribution in [0.25, 0.3) is 27.6 Å². The van der Waals surface area contributed by atoms with Gasteiger partial charge in [-0.1, -0.05) is 30.4 Å². The fourth-order valence-corrected chi connectivity index (χ4v) is 3.36. The molecule has 0 radical (unpaired) electrons. The van der Waals surface area contributed by atoms with E-state index in [1.54, 1.807) is 12.1 Å². The number of aliphatic hydroxyl groups is 2. The van der Waals surface area contributed by atoms with Gasteiger partial charge in [0.2, 0.25) is 0 Å². The van der Waals surface area contributed by atoms with E-state index in [0.717, 1.165) is 32.7 Å². The highest BCUT2D eigenvalue weighted by Crippen LogP contribution is 2.37. The van der Waals surface area contributed by atoms with Crippen molar-refractivity contribution in [3.05, 3.63) is 65.0 Å². The van der Waals surface area contributed by atoms with Gasteiger partial charge in [-0.3, -0.25) is 0 Å². The summed E-state index contributed by atoms with van der Waals surface area (Å²) in [4.78, 5) is 0. The maximum Gasteiger partial charge on any atom is 0.123 e. The Morgan fingerprint density at radius 2 is 1.73 bits per heavy atom. The lowest BCUT2D eigenvalue weighted by Crippen LogP contribution is -2.19. The second-order valence-corrected chi connectivity index (χ2v) is 5.83. The van der Waals surface area contributed by atoms with E-state index >= 15 is 0 Å². The first kappa shape index (κ1) is 13.4. The van der Waals surface area contributed by atoms with Crippen LogP contribution in [0, 0.1) is 12.7 Å². The molecule has 3 aromatic carbocycles. The Bertz CT molecular complexity index is 943. The van der Waals surface area contributed by atoms with Crippen LogP contribution >= 0.6 is 0 Å². The molecule has 22 heavy (non-hydrogen) atoms. The van der Waals surface area contributed by atoms with Gasteiger partial charge >= 0.3 is 0 Å². The third-order valence-electron chi connectivity index (χ3n) is 4.54. The second-order valence-electron chi connectivity index (χ2n) is 5.83. The minimum atomic E-state index is -0.923. The van der Waals surface area contributed by atoms with Gasteiger partial charge in [0, 0.05) is 0 Å². The number of halogens is 1. The van der Waals surface area contributed by atoms with Gasteiger partial charge in [-0.15, -0.1) is 0 Å². The molecule has 1 aliphatic carbocycles. The highest BCUT2D eigenvalue weighted by atomic mass is 19.1. The average molecular weight is 294 g/mol. The summed E-state index contributed by atoms with van der Waals surface area (Å²) in [5, 5.41) is 23.8. The molecule has 0 amide bonds. The molecular formula is C19H15FO2. The van der Waals surface area contributed by atoms with Crippen LogP contribution in [0.3, 0.4) is 0 Å². The lowest BCUT2D eigenvalue weighted by atomic mass is 9.86. The molecule has 3 heteroatoms. The number of benzene rings is 3. The first-order valence-corrected chi connectivity index (χ1v) is 7.26. The molecule has 0 aromatic heterocycles. The second kappa shape index (κ2) is 4.63. The normalized spacial score (nSPS) is 20.5. The van der Waals surface area contributed by atoms with Crippen LogP contribution < -0.4 is 0 Å². The number of fused-ring (bicyclic) bond motifs is 4. The summed E-state index contributed by atoms with van der Waals surface area (Å²) in [5.41, 5.74) is 2.69. The zero-order chi connectivity index (χ0) is 15.4. The standard InChI is InChI=1S/C19H15FO2/c1-10-13-3-2-12(20)8-11(13)9-17-14(10)4-5-16-15(17)6-7-18(21)19(16)22/h2-9,18-19,21-22H,1H3/t18-,19-/m0/s1. The number of hydrogen-bond donors (Lipinski definition) is 2. The Hall–Kier alpha value is -2.23. The van der Waals surface area contributed by atoms with Crippen LogP contribution in [0.15, 0.2) is 42.5 Å². The molecule has 0 spiro atoms. The molecule has 0 bridgehead atoms. The quantitative estimate of drug-likeness (QED) is 0.618. The molecule has 0 aliphatic heterocycles. The van der Waals surface area contributed by atoms with Gasteiger partial charge in [0.15, 0.2) is 0 Å². The van der Waals surface area contributed by atoms with Crippen molar-refractivity contribution < 1.29 is 14.6 Å². The summed E-state index contributed by atoms with van der Waals surface area (Å²) in [7, 11) is 0. The van der Waals surface area contributed by atoms with Crippen molar-refractivity contribution in [2.45, 2.75) is 19.1 Å². The predicted molar refractivity (Wildman–Crippen MR) is 86.1 cm³/mol. The van der Waals surface area contributed by atoms with E-state index in [9.17, 15) is 14.6 Å². The monoisotopic (exact) mass is 294 g/mol. The first-order valence-electron chi connectivity index (χ1n) is 7.26.